The first-order chi connectivity index (χ1) is 15.8. The number of rotatable bonds is 8. The van der Waals surface area contributed by atoms with Gasteiger partial charge in [-0.1, -0.05) is 6.07 Å². The molecule has 172 valence electrons. The number of carbonyl (C=O) groups is 2. The van der Waals surface area contributed by atoms with Crippen LogP contribution in [0.3, 0.4) is 0 Å². The number of aromatic nitrogens is 4. The van der Waals surface area contributed by atoms with E-state index >= 15 is 0 Å². The van der Waals surface area contributed by atoms with E-state index in [1.165, 1.54) is 20.5 Å². The van der Waals surface area contributed by atoms with Gasteiger partial charge in [0.2, 0.25) is 0 Å². The summed E-state index contributed by atoms with van der Waals surface area (Å²) in [5, 5.41) is 13.8. The number of nitrogens with zero attached hydrogens (tertiary/aromatic N) is 4. The van der Waals surface area contributed by atoms with E-state index in [1.807, 2.05) is 26.0 Å². The van der Waals surface area contributed by atoms with Crippen LogP contribution in [0.4, 0.5) is 23.0 Å². The largest absolute Gasteiger partial charge is 0.466 e. The van der Waals surface area contributed by atoms with Gasteiger partial charge in [0.25, 0.3) is 0 Å². The number of nitrogens with one attached hydrogen (secondary N) is 3. The normalized spacial score (nSPS) is 11.0. The lowest BCUT2D eigenvalue weighted by atomic mass is 10.1. The van der Waals surface area contributed by atoms with Crippen molar-refractivity contribution >= 4 is 34.9 Å². The molecule has 0 aliphatic heterocycles. The van der Waals surface area contributed by atoms with Crippen molar-refractivity contribution in [2.75, 3.05) is 37.2 Å². The van der Waals surface area contributed by atoms with Gasteiger partial charge in [0.05, 0.1) is 26.0 Å². The quantitative estimate of drug-likeness (QED) is 0.347. The highest BCUT2D eigenvalue weighted by Gasteiger charge is 2.15. The fourth-order valence-corrected chi connectivity index (χ4v) is 2.92. The zero-order valence-corrected chi connectivity index (χ0v) is 19.0. The van der Waals surface area contributed by atoms with Gasteiger partial charge in [-0.3, -0.25) is 0 Å². The van der Waals surface area contributed by atoms with Gasteiger partial charge in [0.1, 0.15) is 23.7 Å². The summed E-state index contributed by atoms with van der Waals surface area (Å²) in [5.74, 6) is 0.554. The summed E-state index contributed by atoms with van der Waals surface area (Å²) in [6.45, 7) is 3.82. The molecule has 3 N–H and O–H groups in total. The predicted octanol–water partition coefficient (Wildman–Crippen LogP) is 2.71. The van der Waals surface area contributed by atoms with Crippen molar-refractivity contribution in [2.24, 2.45) is 0 Å². The molecule has 2 aromatic heterocycles. The fourth-order valence-electron chi connectivity index (χ4n) is 2.92. The Morgan fingerprint density at radius 2 is 1.85 bits per heavy atom. The van der Waals surface area contributed by atoms with E-state index in [-0.39, 0.29) is 5.70 Å². The number of anilines is 4. The summed E-state index contributed by atoms with van der Waals surface area (Å²) in [6.07, 6.45) is 2.49. The van der Waals surface area contributed by atoms with Crippen LogP contribution in [0.5, 0.6) is 0 Å². The van der Waals surface area contributed by atoms with Crippen LogP contribution < -0.4 is 16.0 Å². The van der Waals surface area contributed by atoms with Gasteiger partial charge >= 0.3 is 11.9 Å². The molecule has 11 heteroatoms. The molecule has 0 saturated heterocycles. The van der Waals surface area contributed by atoms with Crippen LogP contribution in [-0.2, 0) is 19.1 Å². The zero-order valence-electron chi connectivity index (χ0n) is 19.0. The fraction of sp³-hybridized carbons (Fsp3) is 0.227. The van der Waals surface area contributed by atoms with Crippen LogP contribution >= 0.6 is 0 Å². The lowest BCUT2D eigenvalue weighted by Gasteiger charge is -2.15. The minimum Gasteiger partial charge on any atom is -0.466 e. The molecular formula is C22H25N7O4. The minimum atomic E-state index is -0.701. The Balaban J connectivity index is 1.93. The lowest BCUT2D eigenvalue weighted by molar-refractivity contribution is -0.138. The van der Waals surface area contributed by atoms with Crippen molar-refractivity contribution in [3.05, 3.63) is 59.7 Å². The molecule has 0 aliphatic carbocycles. The van der Waals surface area contributed by atoms with Gasteiger partial charge in [0, 0.05) is 30.6 Å². The molecule has 0 bridgehead atoms. The van der Waals surface area contributed by atoms with Gasteiger partial charge in [-0.25, -0.2) is 19.6 Å². The van der Waals surface area contributed by atoms with Gasteiger partial charge in [0.15, 0.2) is 5.82 Å². The second-order valence-corrected chi connectivity index (χ2v) is 6.95. The SMILES string of the molecule is CNc1cc(-n2nc(C)cc2Nc2cc(N/C(=C/C(=O)OC)C(=O)OC)ccc2C)ncn1. The Kier molecular flexibility index (Phi) is 7.24. The third kappa shape index (κ3) is 5.64. The first kappa shape index (κ1) is 23.3. The number of hydrogen-bond acceptors (Lipinski definition) is 10. The Bertz CT molecular complexity index is 1200. The second-order valence-electron chi connectivity index (χ2n) is 6.95. The van der Waals surface area contributed by atoms with E-state index in [0.717, 1.165) is 23.0 Å². The first-order valence-corrected chi connectivity index (χ1v) is 9.94. The Hall–Kier alpha value is -4.41. The van der Waals surface area contributed by atoms with E-state index in [9.17, 15) is 9.59 Å². The van der Waals surface area contributed by atoms with E-state index in [4.69, 9.17) is 4.74 Å². The number of ether oxygens (including phenoxy) is 2. The maximum absolute atomic E-state index is 12.1. The van der Waals surface area contributed by atoms with Crippen LogP contribution in [0.1, 0.15) is 11.3 Å². The molecule has 0 amide bonds. The molecule has 11 nitrogen and oxygen atoms in total. The van der Waals surface area contributed by atoms with Crippen molar-refractivity contribution in [1.82, 2.24) is 19.7 Å². The van der Waals surface area contributed by atoms with Crippen molar-refractivity contribution in [2.45, 2.75) is 13.8 Å². The maximum Gasteiger partial charge on any atom is 0.354 e. The molecule has 0 aliphatic rings. The van der Waals surface area contributed by atoms with Gasteiger partial charge in [-0.2, -0.15) is 9.78 Å². The van der Waals surface area contributed by atoms with Gasteiger partial charge < -0.3 is 25.4 Å². The maximum atomic E-state index is 12.1. The molecular weight excluding hydrogens is 426 g/mol. The number of esters is 2. The predicted molar refractivity (Wildman–Crippen MR) is 124 cm³/mol. The highest BCUT2D eigenvalue weighted by atomic mass is 16.5. The monoisotopic (exact) mass is 451 g/mol. The van der Waals surface area contributed by atoms with Crippen LogP contribution in [-0.4, -0.2) is 53.0 Å². The van der Waals surface area contributed by atoms with E-state index in [0.29, 0.717) is 23.1 Å². The second kappa shape index (κ2) is 10.3. The molecule has 0 spiro atoms. The van der Waals surface area contributed by atoms with Crippen LogP contribution in [0.2, 0.25) is 0 Å². The van der Waals surface area contributed by atoms with Crippen molar-refractivity contribution in [1.29, 1.82) is 0 Å². The van der Waals surface area contributed by atoms with Crippen molar-refractivity contribution < 1.29 is 19.1 Å². The molecule has 33 heavy (non-hydrogen) atoms. The summed E-state index contributed by atoms with van der Waals surface area (Å²) in [7, 11) is 4.23. The van der Waals surface area contributed by atoms with Crippen molar-refractivity contribution in [3.8, 4) is 5.82 Å². The van der Waals surface area contributed by atoms with Crippen molar-refractivity contribution in [3.63, 3.8) is 0 Å². The topological polar surface area (TPSA) is 132 Å². The lowest BCUT2D eigenvalue weighted by Crippen LogP contribution is -2.15. The number of hydrogen-bond donors (Lipinski definition) is 3. The van der Waals surface area contributed by atoms with Crippen LogP contribution in [0.15, 0.2) is 48.4 Å². The molecule has 0 fully saturated rings. The van der Waals surface area contributed by atoms with Gasteiger partial charge in [-0.15, -0.1) is 0 Å². The number of carbonyl (C=O) groups excluding carboxylic acids is 2. The highest BCUT2D eigenvalue weighted by molar-refractivity contribution is 5.98. The minimum absolute atomic E-state index is 0.0550. The molecule has 0 radical (unpaired) electrons. The summed E-state index contributed by atoms with van der Waals surface area (Å²) < 4.78 is 11.0. The smallest absolute Gasteiger partial charge is 0.354 e. The summed E-state index contributed by atoms with van der Waals surface area (Å²) >= 11 is 0. The molecule has 1 aromatic carbocycles. The van der Waals surface area contributed by atoms with E-state index in [1.54, 1.807) is 29.9 Å². The Labute approximate surface area is 190 Å². The Morgan fingerprint density at radius 3 is 2.55 bits per heavy atom. The van der Waals surface area contributed by atoms with E-state index < -0.39 is 11.9 Å². The molecule has 3 aromatic rings. The zero-order chi connectivity index (χ0) is 24.0. The van der Waals surface area contributed by atoms with Crippen LogP contribution in [0.25, 0.3) is 5.82 Å². The Morgan fingerprint density at radius 1 is 1.06 bits per heavy atom. The molecule has 3 rings (SSSR count). The first-order valence-electron chi connectivity index (χ1n) is 9.94. The molecule has 0 atom stereocenters. The third-order valence-corrected chi connectivity index (χ3v) is 4.61. The standard InChI is InChI=1S/C22H25N7O4/c1-13-6-7-15(26-17(22(31)33-5)10-21(30)32-4)9-16(13)27-20-8-14(2)28-29(20)19-11-18(23-3)24-12-25-19/h6-12,26-27H,1-5H3,(H,23,24,25)/b17-10+. The number of methoxy groups -OCH3 is 2. The summed E-state index contributed by atoms with van der Waals surface area (Å²) in [6, 6.07) is 9.12. The number of benzene rings is 1. The highest BCUT2D eigenvalue weighted by Crippen LogP contribution is 2.27. The average molecular weight is 451 g/mol. The summed E-state index contributed by atoms with van der Waals surface area (Å²) in [4.78, 5) is 32.1. The molecule has 2 heterocycles. The average Bonchev–Trinajstić information content (AvgIpc) is 3.19. The molecule has 0 saturated carbocycles. The summed E-state index contributed by atoms with van der Waals surface area (Å²) in [5.41, 5.74) is 3.00. The van der Waals surface area contributed by atoms with E-state index in [2.05, 4.69) is 35.8 Å². The van der Waals surface area contributed by atoms with Gasteiger partial charge in [-0.05, 0) is 31.5 Å². The molecule has 0 unspecified atom stereocenters. The third-order valence-electron chi connectivity index (χ3n) is 4.61. The van der Waals surface area contributed by atoms with Crippen LogP contribution in [0, 0.1) is 13.8 Å². The number of aryl methyl sites for hydroxylation is 2.